The lowest BCUT2D eigenvalue weighted by Crippen LogP contribution is -2.41. The predicted octanol–water partition coefficient (Wildman–Crippen LogP) is 3.07. The van der Waals surface area contributed by atoms with Crippen LogP contribution in [0.5, 0.6) is 5.75 Å². The molecule has 8 nitrogen and oxygen atoms in total. The number of likely N-dealkylation sites (tertiary alicyclic amines) is 1. The van der Waals surface area contributed by atoms with Crippen LogP contribution < -0.4 is 10.1 Å². The van der Waals surface area contributed by atoms with Gasteiger partial charge in [-0.25, -0.2) is 0 Å². The summed E-state index contributed by atoms with van der Waals surface area (Å²) in [5.41, 5.74) is -0.488. The van der Waals surface area contributed by atoms with Crippen LogP contribution in [0.3, 0.4) is 0 Å². The van der Waals surface area contributed by atoms with Gasteiger partial charge < -0.3 is 14.4 Å². The van der Waals surface area contributed by atoms with Crippen LogP contribution in [0.2, 0.25) is 0 Å². The molecule has 1 fully saturated rings. The first kappa shape index (κ1) is 25.7. The standard InChI is InChI=1S/C24H23F3N2O6/c1-34-19-8-4-15(5-9-19)21(31)28-20(30)14-35-23(33)17-10-12-29(13-11-17)22(32)16-2-6-18(7-3-16)24(25,26)27/h2-9,17H,10-14H2,1H3,(H,28,30,31). The van der Waals surface area contributed by atoms with Crippen molar-refractivity contribution in [3.05, 3.63) is 65.2 Å². The molecule has 1 aliphatic rings. The molecule has 1 N–H and O–H groups in total. The second kappa shape index (κ2) is 11.0. The highest BCUT2D eigenvalue weighted by Gasteiger charge is 2.32. The molecule has 1 saturated heterocycles. The minimum atomic E-state index is -4.49. The van der Waals surface area contributed by atoms with E-state index in [4.69, 9.17) is 9.47 Å². The number of methoxy groups -OCH3 is 1. The van der Waals surface area contributed by atoms with Crippen LogP contribution in [0.4, 0.5) is 13.2 Å². The van der Waals surface area contributed by atoms with Crippen LogP contribution in [0.15, 0.2) is 48.5 Å². The van der Waals surface area contributed by atoms with E-state index in [2.05, 4.69) is 5.32 Å². The molecule has 0 unspecified atom stereocenters. The number of nitrogens with zero attached hydrogens (tertiary/aromatic N) is 1. The number of nitrogens with one attached hydrogen (secondary N) is 1. The highest BCUT2D eigenvalue weighted by Crippen LogP contribution is 2.29. The van der Waals surface area contributed by atoms with Crippen LogP contribution in [0, 0.1) is 5.92 Å². The van der Waals surface area contributed by atoms with E-state index in [1.54, 1.807) is 12.1 Å². The highest BCUT2D eigenvalue weighted by molar-refractivity contribution is 6.05. The molecular weight excluding hydrogens is 469 g/mol. The number of piperidine rings is 1. The SMILES string of the molecule is COc1ccc(C(=O)NC(=O)COC(=O)C2CCN(C(=O)c3ccc(C(F)(F)F)cc3)CC2)cc1. The summed E-state index contributed by atoms with van der Waals surface area (Å²) in [4.78, 5) is 50.3. The molecule has 2 aromatic rings. The average Bonchev–Trinajstić information content (AvgIpc) is 2.86. The van der Waals surface area contributed by atoms with E-state index in [1.807, 2.05) is 0 Å². The second-order valence-electron chi connectivity index (χ2n) is 7.86. The Morgan fingerprint density at radius 3 is 2.06 bits per heavy atom. The molecular formula is C24H23F3N2O6. The molecule has 3 amide bonds. The number of rotatable bonds is 6. The molecule has 0 spiro atoms. The first-order valence-corrected chi connectivity index (χ1v) is 10.7. The van der Waals surface area contributed by atoms with Gasteiger partial charge in [-0.2, -0.15) is 13.2 Å². The molecule has 0 aliphatic carbocycles. The molecule has 0 atom stereocenters. The van der Waals surface area contributed by atoms with E-state index >= 15 is 0 Å². The number of alkyl halides is 3. The van der Waals surface area contributed by atoms with E-state index < -0.39 is 48.0 Å². The maximum Gasteiger partial charge on any atom is 0.416 e. The average molecular weight is 492 g/mol. The number of imide groups is 1. The fourth-order valence-electron chi connectivity index (χ4n) is 3.53. The molecule has 0 aromatic heterocycles. The summed E-state index contributed by atoms with van der Waals surface area (Å²) in [5.74, 6) is -2.48. The summed E-state index contributed by atoms with van der Waals surface area (Å²) in [7, 11) is 1.48. The Kier molecular flexibility index (Phi) is 8.10. The summed E-state index contributed by atoms with van der Waals surface area (Å²) >= 11 is 0. The van der Waals surface area contributed by atoms with Gasteiger partial charge in [0, 0.05) is 24.2 Å². The number of ether oxygens (including phenoxy) is 2. The summed E-state index contributed by atoms with van der Waals surface area (Å²) in [6, 6.07) is 10.0. The molecule has 0 bridgehead atoms. The van der Waals surface area contributed by atoms with Crippen molar-refractivity contribution in [1.82, 2.24) is 10.2 Å². The van der Waals surface area contributed by atoms with Gasteiger partial charge in [0.2, 0.25) is 0 Å². The summed E-state index contributed by atoms with van der Waals surface area (Å²) < 4.78 is 48.1. The third-order valence-corrected chi connectivity index (χ3v) is 5.53. The quantitative estimate of drug-likeness (QED) is 0.622. The van der Waals surface area contributed by atoms with E-state index in [0.717, 1.165) is 24.3 Å². The third kappa shape index (κ3) is 6.81. The molecule has 1 heterocycles. The molecule has 0 radical (unpaired) electrons. The smallest absolute Gasteiger partial charge is 0.416 e. The fraction of sp³-hybridized carbons (Fsp3) is 0.333. The first-order valence-electron chi connectivity index (χ1n) is 10.7. The molecule has 186 valence electrons. The summed E-state index contributed by atoms with van der Waals surface area (Å²) in [6.45, 7) is -0.213. The number of carbonyl (C=O) groups is 4. The molecule has 1 aliphatic heterocycles. The molecule has 0 saturated carbocycles. The Bertz CT molecular complexity index is 1080. The monoisotopic (exact) mass is 492 g/mol. The lowest BCUT2D eigenvalue weighted by molar-refractivity contribution is -0.153. The molecule has 11 heteroatoms. The van der Waals surface area contributed by atoms with Crippen molar-refractivity contribution in [2.75, 3.05) is 26.8 Å². The minimum absolute atomic E-state index is 0.122. The van der Waals surface area contributed by atoms with E-state index in [9.17, 15) is 32.3 Å². The number of esters is 1. The molecule has 35 heavy (non-hydrogen) atoms. The van der Waals surface area contributed by atoms with Gasteiger partial charge in [-0.3, -0.25) is 24.5 Å². The largest absolute Gasteiger partial charge is 0.497 e. The zero-order valence-electron chi connectivity index (χ0n) is 18.8. The van der Waals surface area contributed by atoms with Crippen LogP contribution in [-0.2, 0) is 20.5 Å². The first-order chi connectivity index (χ1) is 16.6. The lowest BCUT2D eigenvalue weighted by Gasteiger charge is -2.31. The van der Waals surface area contributed by atoms with Gasteiger partial charge in [-0.05, 0) is 61.4 Å². The van der Waals surface area contributed by atoms with Gasteiger partial charge in [-0.15, -0.1) is 0 Å². The van der Waals surface area contributed by atoms with Crippen molar-refractivity contribution < 1.29 is 41.8 Å². The number of hydrogen-bond acceptors (Lipinski definition) is 6. The number of hydrogen-bond donors (Lipinski definition) is 1. The van der Waals surface area contributed by atoms with Gasteiger partial charge in [0.25, 0.3) is 17.7 Å². The van der Waals surface area contributed by atoms with E-state index in [-0.39, 0.29) is 37.1 Å². The van der Waals surface area contributed by atoms with Crippen molar-refractivity contribution in [3.8, 4) is 5.75 Å². The van der Waals surface area contributed by atoms with Crippen LogP contribution in [0.25, 0.3) is 0 Å². The number of amides is 3. The van der Waals surface area contributed by atoms with E-state index in [1.165, 1.54) is 24.1 Å². The summed E-state index contributed by atoms with van der Waals surface area (Å²) in [5, 5.41) is 2.13. The number of carbonyl (C=O) groups excluding carboxylic acids is 4. The minimum Gasteiger partial charge on any atom is -0.497 e. The zero-order chi connectivity index (χ0) is 25.6. The van der Waals surface area contributed by atoms with Crippen molar-refractivity contribution in [1.29, 1.82) is 0 Å². The normalized spacial score (nSPS) is 14.2. The second-order valence-corrected chi connectivity index (χ2v) is 7.86. The fourth-order valence-corrected chi connectivity index (χ4v) is 3.53. The van der Waals surface area contributed by atoms with Crippen molar-refractivity contribution in [3.63, 3.8) is 0 Å². The number of benzene rings is 2. The zero-order valence-corrected chi connectivity index (χ0v) is 18.8. The maximum atomic E-state index is 12.7. The van der Waals surface area contributed by atoms with Gasteiger partial charge in [0.1, 0.15) is 5.75 Å². The Hall–Kier alpha value is -3.89. The van der Waals surface area contributed by atoms with Crippen LogP contribution in [-0.4, -0.2) is 55.4 Å². The Balaban J connectivity index is 1.43. The highest BCUT2D eigenvalue weighted by atomic mass is 19.4. The van der Waals surface area contributed by atoms with Crippen LogP contribution >= 0.6 is 0 Å². The lowest BCUT2D eigenvalue weighted by atomic mass is 9.96. The summed E-state index contributed by atoms with van der Waals surface area (Å²) in [6.07, 6.45) is -3.94. The van der Waals surface area contributed by atoms with Gasteiger partial charge in [0.05, 0.1) is 18.6 Å². The Morgan fingerprint density at radius 1 is 0.943 bits per heavy atom. The van der Waals surface area contributed by atoms with Crippen molar-refractivity contribution >= 4 is 23.7 Å². The number of halogens is 3. The third-order valence-electron chi connectivity index (χ3n) is 5.53. The molecule has 2 aromatic carbocycles. The van der Waals surface area contributed by atoms with Gasteiger partial charge in [0.15, 0.2) is 6.61 Å². The Morgan fingerprint density at radius 2 is 1.51 bits per heavy atom. The predicted molar refractivity (Wildman–Crippen MR) is 116 cm³/mol. The Labute approximate surface area is 199 Å². The van der Waals surface area contributed by atoms with Crippen molar-refractivity contribution in [2.24, 2.45) is 5.92 Å². The van der Waals surface area contributed by atoms with Gasteiger partial charge in [-0.1, -0.05) is 0 Å². The maximum absolute atomic E-state index is 12.7. The topological polar surface area (TPSA) is 102 Å². The van der Waals surface area contributed by atoms with Crippen molar-refractivity contribution in [2.45, 2.75) is 19.0 Å². The molecule has 3 rings (SSSR count). The van der Waals surface area contributed by atoms with Gasteiger partial charge >= 0.3 is 12.1 Å². The van der Waals surface area contributed by atoms with E-state index in [0.29, 0.717) is 5.75 Å². The van der Waals surface area contributed by atoms with Crippen LogP contribution in [0.1, 0.15) is 39.1 Å².